The average Bonchev–Trinajstić information content (AvgIpc) is 3.89. The molecule has 0 atom stereocenters. The maximum absolute atomic E-state index is 13.5. The van der Waals surface area contributed by atoms with Gasteiger partial charge in [-0.05, 0) is 90.0 Å². The van der Waals surface area contributed by atoms with E-state index in [1.807, 2.05) is 49.0 Å². The van der Waals surface area contributed by atoms with Gasteiger partial charge in [0.25, 0.3) is 11.8 Å². The standard InChI is InChI=1S/C36H43N13O4/c1-6-48-28(17-21(3)44-48)33(52)42-35-40-25-19-23(32(37)51)13-14-26(25)46(35)15-8-9-16-47-27-12-10-11-24(39-30(50)20-38-5)31(27)41-36(47)43-34(53)29-18-22(4)45-49(29)7-2/h10-14,17-19,38H,6-9,15-16,20H2,1-5H3,(H2,37,51)(H,39,50)(H,40,42,52)(H,41,43,53). The first-order valence-corrected chi connectivity index (χ1v) is 17.5. The van der Waals surface area contributed by atoms with Gasteiger partial charge in [-0.2, -0.15) is 10.2 Å². The van der Waals surface area contributed by atoms with Crippen LogP contribution in [0.3, 0.4) is 0 Å². The topological polar surface area (TPSA) is 214 Å². The molecule has 2 aromatic carbocycles. The lowest BCUT2D eigenvalue weighted by molar-refractivity contribution is -0.115. The van der Waals surface area contributed by atoms with Crippen LogP contribution in [0.4, 0.5) is 17.6 Å². The number of hydrogen-bond acceptors (Lipinski definition) is 9. The summed E-state index contributed by atoms with van der Waals surface area (Å²) in [7, 11) is 1.69. The molecule has 0 unspecified atom stereocenters. The summed E-state index contributed by atoms with van der Waals surface area (Å²) < 4.78 is 7.08. The number of carbonyl (C=O) groups is 4. The molecule has 0 aliphatic rings. The van der Waals surface area contributed by atoms with Gasteiger partial charge in [0.15, 0.2) is 0 Å². The molecule has 0 bridgehead atoms. The lowest BCUT2D eigenvalue weighted by Crippen LogP contribution is -2.25. The van der Waals surface area contributed by atoms with E-state index in [1.165, 1.54) is 0 Å². The number of likely N-dealkylation sites (N-methyl/N-ethyl adjacent to an activating group) is 1. The van der Waals surface area contributed by atoms with E-state index in [2.05, 4.69) is 36.4 Å². The molecule has 6 aromatic rings. The maximum atomic E-state index is 13.5. The van der Waals surface area contributed by atoms with Crippen molar-refractivity contribution in [2.45, 2.75) is 66.7 Å². The molecule has 0 fully saturated rings. The number of hydrogen-bond donors (Lipinski definition) is 5. The smallest absolute Gasteiger partial charge is 0.276 e. The third-order valence-corrected chi connectivity index (χ3v) is 8.76. The Morgan fingerprint density at radius 3 is 1.89 bits per heavy atom. The van der Waals surface area contributed by atoms with Gasteiger partial charge in [-0.15, -0.1) is 0 Å². The van der Waals surface area contributed by atoms with Crippen LogP contribution in [0.5, 0.6) is 0 Å². The Hall–Kier alpha value is -6.36. The van der Waals surface area contributed by atoms with Crippen LogP contribution in [0.2, 0.25) is 0 Å². The second kappa shape index (κ2) is 15.5. The van der Waals surface area contributed by atoms with Gasteiger partial charge in [0.1, 0.15) is 16.9 Å². The van der Waals surface area contributed by atoms with Crippen molar-refractivity contribution in [2.24, 2.45) is 5.73 Å². The number of aryl methyl sites for hydroxylation is 6. The number of nitrogens with two attached hydrogens (primary N) is 1. The summed E-state index contributed by atoms with van der Waals surface area (Å²) in [5.41, 5.74) is 11.1. The van der Waals surface area contributed by atoms with Gasteiger partial charge >= 0.3 is 0 Å². The van der Waals surface area contributed by atoms with Gasteiger partial charge < -0.3 is 25.5 Å². The first-order chi connectivity index (χ1) is 25.5. The molecule has 0 aliphatic heterocycles. The van der Waals surface area contributed by atoms with Crippen LogP contribution in [0.15, 0.2) is 48.5 Å². The van der Waals surface area contributed by atoms with Crippen molar-refractivity contribution in [1.29, 1.82) is 0 Å². The number of amides is 4. The summed E-state index contributed by atoms with van der Waals surface area (Å²) in [5.74, 6) is -0.880. The normalized spacial score (nSPS) is 11.3. The second-order valence-corrected chi connectivity index (χ2v) is 12.6. The highest BCUT2D eigenvalue weighted by Crippen LogP contribution is 2.28. The van der Waals surface area contributed by atoms with Crippen molar-refractivity contribution in [1.82, 2.24) is 44.0 Å². The molecule has 6 N–H and O–H groups in total. The molecule has 0 radical (unpaired) electrons. The highest BCUT2D eigenvalue weighted by atomic mass is 16.2. The van der Waals surface area contributed by atoms with Crippen molar-refractivity contribution in [2.75, 3.05) is 29.5 Å². The fourth-order valence-electron chi connectivity index (χ4n) is 6.34. The minimum Gasteiger partial charge on any atom is -0.366 e. The SMILES string of the molecule is CCn1nc(C)cc1C(=O)Nc1nc2cc(C(N)=O)ccc2n1CCCCn1c(NC(=O)c2cc(C)nn2CC)nc2c(NC(=O)CNC)cccc21. The molecular formula is C36H43N13O4. The largest absolute Gasteiger partial charge is 0.366 e. The van der Waals surface area contributed by atoms with Crippen LogP contribution < -0.4 is 27.0 Å². The number of para-hydroxylation sites is 1. The Kier molecular flexibility index (Phi) is 10.6. The van der Waals surface area contributed by atoms with E-state index < -0.39 is 5.91 Å². The van der Waals surface area contributed by atoms with E-state index in [9.17, 15) is 19.2 Å². The van der Waals surface area contributed by atoms with Gasteiger partial charge in [0, 0.05) is 31.7 Å². The molecule has 17 nitrogen and oxygen atoms in total. The molecule has 6 rings (SSSR count). The van der Waals surface area contributed by atoms with Gasteiger partial charge in [-0.3, -0.25) is 39.2 Å². The van der Waals surface area contributed by atoms with Crippen LogP contribution in [-0.4, -0.2) is 75.9 Å². The molecule has 276 valence electrons. The number of benzene rings is 2. The number of nitrogens with one attached hydrogen (secondary N) is 4. The summed E-state index contributed by atoms with van der Waals surface area (Å²) in [6.07, 6.45) is 1.26. The van der Waals surface area contributed by atoms with E-state index in [0.717, 1.165) is 22.4 Å². The zero-order valence-corrected chi connectivity index (χ0v) is 30.4. The van der Waals surface area contributed by atoms with Gasteiger partial charge in [-0.25, -0.2) is 9.97 Å². The second-order valence-electron chi connectivity index (χ2n) is 12.6. The van der Waals surface area contributed by atoms with E-state index in [4.69, 9.17) is 10.7 Å². The van der Waals surface area contributed by atoms with Gasteiger partial charge in [0.2, 0.25) is 23.7 Å². The molecule has 0 saturated carbocycles. The summed E-state index contributed by atoms with van der Waals surface area (Å²) in [5, 5.41) is 20.5. The van der Waals surface area contributed by atoms with Gasteiger partial charge in [0.05, 0.1) is 40.2 Å². The van der Waals surface area contributed by atoms with Crippen molar-refractivity contribution < 1.29 is 19.2 Å². The first kappa shape index (κ1) is 36.4. The highest BCUT2D eigenvalue weighted by Gasteiger charge is 2.22. The zero-order chi connectivity index (χ0) is 37.8. The van der Waals surface area contributed by atoms with E-state index in [0.29, 0.717) is 84.6 Å². The Morgan fingerprint density at radius 1 is 0.736 bits per heavy atom. The van der Waals surface area contributed by atoms with Crippen LogP contribution in [0.1, 0.15) is 69.4 Å². The van der Waals surface area contributed by atoms with Crippen molar-refractivity contribution in [3.05, 3.63) is 76.9 Å². The predicted octanol–water partition coefficient (Wildman–Crippen LogP) is 3.68. The van der Waals surface area contributed by atoms with Crippen LogP contribution in [-0.2, 0) is 31.0 Å². The number of unbranched alkanes of at least 4 members (excludes halogenated alkanes) is 1. The van der Waals surface area contributed by atoms with E-state index in [-0.39, 0.29) is 24.3 Å². The predicted molar refractivity (Wildman–Crippen MR) is 201 cm³/mol. The number of aromatic nitrogens is 8. The first-order valence-electron chi connectivity index (χ1n) is 17.5. The molecule has 4 amide bonds. The number of anilines is 3. The minimum absolute atomic E-state index is 0.123. The summed E-state index contributed by atoms with van der Waals surface area (Å²) in [6, 6.07) is 13.9. The molecule has 53 heavy (non-hydrogen) atoms. The number of carbonyl (C=O) groups excluding carboxylic acids is 4. The van der Waals surface area contributed by atoms with E-state index >= 15 is 0 Å². The fraction of sp³-hybridized carbons (Fsp3) is 0.333. The summed E-state index contributed by atoms with van der Waals surface area (Å²) in [4.78, 5) is 60.9. The van der Waals surface area contributed by atoms with Crippen molar-refractivity contribution in [3.8, 4) is 0 Å². The van der Waals surface area contributed by atoms with E-state index in [1.54, 1.807) is 52.8 Å². The lowest BCUT2D eigenvalue weighted by Gasteiger charge is -2.13. The number of nitrogens with zero attached hydrogens (tertiary/aromatic N) is 8. The molecule has 0 aliphatic carbocycles. The Bertz CT molecular complexity index is 2350. The number of primary amides is 1. The maximum Gasteiger partial charge on any atom is 0.276 e. The molecule has 0 spiro atoms. The number of imidazole rings is 2. The molecule has 17 heteroatoms. The Labute approximate surface area is 304 Å². The lowest BCUT2D eigenvalue weighted by atomic mass is 10.2. The zero-order valence-electron chi connectivity index (χ0n) is 30.4. The van der Waals surface area contributed by atoms with Crippen molar-refractivity contribution >= 4 is 63.3 Å². The fourth-order valence-corrected chi connectivity index (χ4v) is 6.34. The van der Waals surface area contributed by atoms with Crippen LogP contribution in [0, 0.1) is 13.8 Å². The third kappa shape index (κ3) is 7.64. The third-order valence-electron chi connectivity index (χ3n) is 8.76. The quantitative estimate of drug-likeness (QED) is 0.0977. The molecule has 0 saturated heterocycles. The average molecular weight is 722 g/mol. The Balaban J connectivity index is 1.28. The summed E-state index contributed by atoms with van der Waals surface area (Å²) >= 11 is 0. The molecule has 4 heterocycles. The van der Waals surface area contributed by atoms with Gasteiger partial charge in [-0.1, -0.05) is 6.07 Å². The molecule has 4 aromatic heterocycles. The Morgan fingerprint density at radius 2 is 1.32 bits per heavy atom. The van der Waals surface area contributed by atoms with Crippen LogP contribution in [0.25, 0.3) is 22.1 Å². The summed E-state index contributed by atoms with van der Waals surface area (Å²) in [6.45, 7) is 9.56. The minimum atomic E-state index is -0.580. The monoisotopic (exact) mass is 721 g/mol. The number of rotatable bonds is 15. The molecular weight excluding hydrogens is 678 g/mol. The number of fused-ring (bicyclic) bond motifs is 2. The highest BCUT2D eigenvalue weighted by molar-refractivity contribution is 6.05. The van der Waals surface area contributed by atoms with Crippen LogP contribution >= 0.6 is 0 Å². The van der Waals surface area contributed by atoms with Crippen molar-refractivity contribution in [3.63, 3.8) is 0 Å².